The Kier molecular flexibility index (Phi) is 5.96. The van der Waals surface area contributed by atoms with Gasteiger partial charge >= 0.3 is 6.03 Å². The van der Waals surface area contributed by atoms with Gasteiger partial charge in [-0.15, -0.1) is 0 Å². The number of carbonyl (C=O) groups is 1. The van der Waals surface area contributed by atoms with Crippen LogP contribution in [0.15, 0.2) is 12.4 Å². The van der Waals surface area contributed by atoms with Gasteiger partial charge in [0.2, 0.25) is 0 Å². The van der Waals surface area contributed by atoms with Crippen molar-refractivity contribution in [2.75, 3.05) is 39.4 Å². The zero-order valence-electron chi connectivity index (χ0n) is 15.6. The first-order chi connectivity index (χ1) is 12.0. The molecule has 1 N–H and O–H groups in total. The smallest absolute Gasteiger partial charge is 0.317 e. The molecule has 1 aromatic heterocycles. The summed E-state index contributed by atoms with van der Waals surface area (Å²) in [7, 11) is 1.94. The number of carbonyl (C=O) groups excluding carboxylic acids is 1. The molecule has 0 saturated carbocycles. The summed E-state index contributed by atoms with van der Waals surface area (Å²) in [5.41, 5.74) is 1.25. The van der Waals surface area contributed by atoms with E-state index >= 15 is 0 Å². The number of hydrogen-bond acceptors (Lipinski definition) is 4. The number of urea groups is 1. The van der Waals surface area contributed by atoms with Gasteiger partial charge < -0.3 is 15.0 Å². The fraction of sp³-hybridized carbons (Fsp3) is 0.778. The van der Waals surface area contributed by atoms with Crippen LogP contribution in [0.5, 0.6) is 0 Å². The van der Waals surface area contributed by atoms with Crippen molar-refractivity contribution in [1.29, 1.82) is 0 Å². The molecule has 0 spiro atoms. The molecule has 3 atom stereocenters. The highest BCUT2D eigenvalue weighted by atomic mass is 16.5. The Bertz CT molecular complexity index is 576. The summed E-state index contributed by atoms with van der Waals surface area (Å²) in [5, 5.41) is 7.34. The van der Waals surface area contributed by atoms with E-state index in [0.29, 0.717) is 24.5 Å². The fourth-order valence-corrected chi connectivity index (χ4v) is 3.95. The second-order valence-corrected chi connectivity index (χ2v) is 7.52. The van der Waals surface area contributed by atoms with Crippen LogP contribution in [0.25, 0.3) is 0 Å². The summed E-state index contributed by atoms with van der Waals surface area (Å²) in [4.78, 5) is 16.8. The summed E-state index contributed by atoms with van der Waals surface area (Å²) >= 11 is 0. The molecule has 0 radical (unpaired) electrons. The van der Waals surface area contributed by atoms with Crippen molar-refractivity contribution in [2.24, 2.45) is 13.0 Å². The van der Waals surface area contributed by atoms with E-state index in [1.165, 1.54) is 5.56 Å². The molecule has 2 fully saturated rings. The van der Waals surface area contributed by atoms with Crippen molar-refractivity contribution in [1.82, 2.24) is 24.9 Å². The SMILES string of the molecule is CC(CNC(=O)N1CCC(Cc2cnn(C)c2)C1)N1CCOCC1C. The Morgan fingerprint density at radius 2 is 2.32 bits per heavy atom. The predicted molar refractivity (Wildman–Crippen MR) is 96.4 cm³/mol. The van der Waals surface area contributed by atoms with E-state index in [1.807, 2.05) is 22.8 Å². The topological polar surface area (TPSA) is 62.6 Å². The van der Waals surface area contributed by atoms with Gasteiger partial charge in [-0.1, -0.05) is 0 Å². The third-order valence-corrected chi connectivity index (χ3v) is 5.39. The maximum atomic E-state index is 12.5. The summed E-state index contributed by atoms with van der Waals surface area (Å²) in [6.07, 6.45) is 6.06. The first kappa shape index (κ1) is 18.2. The number of nitrogens with zero attached hydrogens (tertiary/aromatic N) is 4. The minimum absolute atomic E-state index is 0.0708. The highest BCUT2D eigenvalue weighted by molar-refractivity contribution is 5.74. The summed E-state index contributed by atoms with van der Waals surface area (Å²) in [5.74, 6) is 0.534. The Labute approximate surface area is 150 Å². The van der Waals surface area contributed by atoms with Gasteiger partial charge in [-0.25, -0.2) is 4.79 Å². The highest BCUT2D eigenvalue weighted by Crippen LogP contribution is 2.20. The summed E-state index contributed by atoms with van der Waals surface area (Å²) in [6, 6.07) is 0.814. The standard InChI is InChI=1S/C18H31N5O2/c1-14(23-6-7-25-13-15(23)2)9-19-18(24)22-5-4-16(12-22)8-17-10-20-21(3)11-17/h10-11,14-16H,4-9,12-13H2,1-3H3,(H,19,24). The molecule has 0 aromatic carbocycles. The van der Waals surface area contributed by atoms with Crippen LogP contribution in [-0.4, -0.2) is 77.1 Å². The first-order valence-corrected chi connectivity index (χ1v) is 9.36. The number of hydrogen-bond donors (Lipinski definition) is 1. The predicted octanol–water partition coefficient (Wildman–Crippen LogP) is 1.10. The number of amides is 2. The van der Waals surface area contributed by atoms with Gasteiger partial charge in [-0.05, 0) is 38.2 Å². The van der Waals surface area contributed by atoms with Gasteiger partial charge in [0.25, 0.3) is 0 Å². The van der Waals surface area contributed by atoms with E-state index in [9.17, 15) is 4.79 Å². The van der Waals surface area contributed by atoms with Gasteiger partial charge in [0.15, 0.2) is 0 Å². The molecule has 140 valence electrons. The second kappa shape index (κ2) is 8.19. The Morgan fingerprint density at radius 3 is 3.04 bits per heavy atom. The fourth-order valence-electron chi connectivity index (χ4n) is 3.95. The van der Waals surface area contributed by atoms with E-state index < -0.39 is 0 Å². The third kappa shape index (κ3) is 4.73. The monoisotopic (exact) mass is 349 g/mol. The maximum absolute atomic E-state index is 12.5. The molecule has 1 aromatic rings. The Balaban J connectivity index is 1.41. The van der Waals surface area contributed by atoms with Crippen molar-refractivity contribution in [3.8, 4) is 0 Å². The van der Waals surface area contributed by atoms with Crippen molar-refractivity contribution < 1.29 is 9.53 Å². The van der Waals surface area contributed by atoms with Crippen LogP contribution in [0.2, 0.25) is 0 Å². The summed E-state index contributed by atoms with van der Waals surface area (Å²) < 4.78 is 7.32. The van der Waals surface area contributed by atoms with E-state index in [0.717, 1.165) is 45.7 Å². The summed E-state index contributed by atoms with van der Waals surface area (Å²) in [6.45, 7) is 9.23. The number of aryl methyl sites for hydroxylation is 1. The molecule has 2 saturated heterocycles. The number of nitrogens with one attached hydrogen (secondary N) is 1. The zero-order valence-corrected chi connectivity index (χ0v) is 15.6. The van der Waals surface area contributed by atoms with Crippen molar-refractivity contribution in [3.63, 3.8) is 0 Å². The molecule has 25 heavy (non-hydrogen) atoms. The van der Waals surface area contributed by atoms with Crippen molar-refractivity contribution in [2.45, 2.75) is 38.8 Å². The number of aromatic nitrogens is 2. The van der Waals surface area contributed by atoms with Crippen LogP contribution in [0.4, 0.5) is 4.79 Å². The first-order valence-electron chi connectivity index (χ1n) is 9.36. The van der Waals surface area contributed by atoms with E-state index in [1.54, 1.807) is 0 Å². The molecule has 3 unspecified atom stereocenters. The second-order valence-electron chi connectivity index (χ2n) is 7.52. The van der Waals surface area contributed by atoms with Crippen LogP contribution in [-0.2, 0) is 18.2 Å². The lowest BCUT2D eigenvalue weighted by molar-refractivity contribution is -0.0177. The minimum atomic E-state index is 0.0708. The molecule has 3 heterocycles. The van der Waals surface area contributed by atoms with Crippen molar-refractivity contribution in [3.05, 3.63) is 18.0 Å². The Hall–Kier alpha value is -1.60. The van der Waals surface area contributed by atoms with Crippen molar-refractivity contribution >= 4 is 6.03 Å². The molecule has 2 amide bonds. The van der Waals surface area contributed by atoms with E-state index in [4.69, 9.17) is 4.74 Å². The van der Waals surface area contributed by atoms with Crippen LogP contribution in [0.3, 0.4) is 0 Å². The highest BCUT2D eigenvalue weighted by Gasteiger charge is 2.28. The number of morpholine rings is 1. The molecular weight excluding hydrogens is 318 g/mol. The van der Waals surface area contributed by atoms with Crippen LogP contribution < -0.4 is 5.32 Å². The molecule has 7 heteroatoms. The molecule has 0 aliphatic carbocycles. The minimum Gasteiger partial charge on any atom is -0.379 e. The molecule has 7 nitrogen and oxygen atoms in total. The van der Waals surface area contributed by atoms with Crippen LogP contribution in [0, 0.1) is 5.92 Å². The maximum Gasteiger partial charge on any atom is 0.317 e. The molecule has 0 bridgehead atoms. The van der Waals surface area contributed by atoms with E-state index in [2.05, 4.69) is 35.4 Å². The van der Waals surface area contributed by atoms with Gasteiger partial charge in [0.1, 0.15) is 0 Å². The Morgan fingerprint density at radius 1 is 1.48 bits per heavy atom. The van der Waals surface area contributed by atoms with Gasteiger partial charge in [0.05, 0.1) is 19.4 Å². The average Bonchev–Trinajstić information content (AvgIpc) is 3.22. The normalized spacial score (nSPS) is 26.0. The molecule has 3 rings (SSSR count). The largest absolute Gasteiger partial charge is 0.379 e. The van der Waals surface area contributed by atoms with E-state index in [-0.39, 0.29) is 6.03 Å². The van der Waals surface area contributed by atoms with Gasteiger partial charge in [0, 0.05) is 51.5 Å². The third-order valence-electron chi connectivity index (χ3n) is 5.39. The van der Waals surface area contributed by atoms with Crippen LogP contribution >= 0.6 is 0 Å². The molecule has 2 aliphatic rings. The van der Waals surface area contributed by atoms with Gasteiger partial charge in [-0.3, -0.25) is 9.58 Å². The number of ether oxygens (including phenoxy) is 1. The lowest BCUT2D eigenvalue weighted by Crippen LogP contribution is -2.53. The lowest BCUT2D eigenvalue weighted by Gasteiger charge is -2.38. The zero-order chi connectivity index (χ0) is 17.8. The number of likely N-dealkylation sites (tertiary alicyclic amines) is 1. The molecular formula is C18H31N5O2. The average molecular weight is 349 g/mol. The number of rotatable bonds is 5. The molecule has 2 aliphatic heterocycles. The lowest BCUT2D eigenvalue weighted by atomic mass is 10.0. The quantitative estimate of drug-likeness (QED) is 0.865. The van der Waals surface area contributed by atoms with Gasteiger partial charge in [-0.2, -0.15) is 5.10 Å². The van der Waals surface area contributed by atoms with Crippen LogP contribution in [0.1, 0.15) is 25.8 Å².